The van der Waals surface area contributed by atoms with Gasteiger partial charge in [-0.3, -0.25) is 4.79 Å². The summed E-state index contributed by atoms with van der Waals surface area (Å²) in [5.74, 6) is -0.535. The molecular formula is C16H17FN2O. The molecule has 20 heavy (non-hydrogen) atoms. The van der Waals surface area contributed by atoms with E-state index in [0.717, 1.165) is 11.3 Å². The molecule has 0 unspecified atom stereocenters. The van der Waals surface area contributed by atoms with Gasteiger partial charge in [0.05, 0.1) is 5.56 Å². The molecule has 1 amide bonds. The van der Waals surface area contributed by atoms with Crippen LogP contribution in [-0.4, -0.2) is 13.0 Å². The first kappa shape index (κ1) is 14.1. The minimum Gasteiger partial charge on any atom is -0.387 e. The second-order valence-corrected chi connectivity index (χ2v) is 4.57. The number of amides is 1. The fraction of sp³-hybridized carbons (Fsp3) is 0.188. The van der Waals surface area contributed by atoms with E-state index in [1.54, 1.807) is 25.2 Å². The van der Waals surface area contributed by atoms with Gasteiger partial charge in [-0.2, -0.15) is 0 Å². The topological polar surface area (TPSA) is 41.1 Å². The maximum absolute atomic E-state index is 13.5. The molecule has 0 aliphatic rings. The number of aryl methyl sites for hydroxylation is 1. The van der Waals surface area contributed by atoms with Crippen LogP contribution < -0.4 is 10.6 Å². The van der Waals surface area contributed by atoms with Gasteiger partial charge >= 0.3 is 0 Å². The van der Waals surface area contributed by atoms with Crippen molar-refractivity contribution in [2.24, 2.45) is 0 Å². The molecule has 0 spiro atoms. The summed E-state index contributed by atoms with van der Waals surface area (Å²) in [6, 6.07) is 12.0. The van der Waals surface area contributed by atoms with E-state index in [1.165, 1.54) is 6.07 Å². The summed E-state index contributed by atoms with van der Waals surface area (Å²) >= 11 is 0. The van der Waals surface area contributed by atoms with E-state index in [0.29, 0.717) is 11.1 Å². The first-order chi connectivity index (χ1) is 9.61. The van der Waals surface area contributed by atoms with Gasteiger partial charge in [-0.15, -0.1) is 0 Å². The highest BCUT2D eigenvalue weighted by Crippen LogP contribution is 2.17. The molecule has 0 saturated carbocycles. The summed E-state index contributed by atoms with van der Waals surface area (Å²) in [7, 11) is 1.76. The number of carbonyl (C=O) groups is 1. The summed E-state index contributed by atoms with van der Waals surface area (Å²) in [5.41, 5.74) is 2.78. The van der Waals surface area contributed by atoms with E-state index in [1.807, 2.05) is 25.1 Å². The minimum atomic E-state index is -0.314. The Bertz CT molecular complexity index is 626. The molecule has 0 heterocycles. The van der Waals surface area contributed by atoms with E-state index in [-0.39, 0.29) is 18.3 Å². The molecule has 4 heteroatoms. The lowest BCUT2D eigenvalue weighted by molar-refractivity contribution is 0.0951. The highest BCUT2D eigenvalue weighted by molar-refractivity contribution is 5.99. The van der Waals surface area contributed by atoms with Gasteiger partial charge < -0.3 is 10.6 Å². The fourth-order valence-electron chi connectivity index (χ4n) is 1.98. The molecule has 3 nitrogen and oxygen atoms in total. The van der Waals surface area contributed by atoms with Crippen LogP contribution in [0.2, 0.25) is 0 Å². The number of rotatable bonds is 4. The van der Waals surface area contributed by atoms with Crippen molar-refractivity contribution in [3.8, 4) is 0 Å². The minimum absolute atomic E-state index is 0.169. The predicted molar refractivity (Wildman–Crippen MR) is 78.3 cm³/mol. The van der Waals surface area contributed by atoms with E-state index < -0.39 is 0 Å². The average Bonchev–Trinajstić information content (AvgIpc) is 2.46. The number of hydrogen-bond donors (Lipinski definition) is 2. The van der Waals surface area contributed by atoms with Gasteiger partial charge in [0.1, 0.15) is 5.82 Å². The molecule has 0 fully saturated rings. The van der Waals surface area contributed by atoms with Gasteiger partial charge in [0.25, 0.3) is 5.91 Å². The highest BCUT2D eigenvalue weighted by Gasteiger charge is 2.11. The zero-order chi connectivity index (χ0) is 14.5. The van der Waals surface area contributed by atoms with Crippen LogP contribution in [0.15, 0.2) is 42.5 Å². The number of benzene rings is 2. The summed E-state index contributed by atoms with van der Waals surface area (Å²) in [6.07, 6.45) is 0. The van der Waals surface area contributed by atoms with Crippen molar-refractivity contribution < 1.29 is 9.18 Å². The second-order valence-electron chi connectivity index (χ2n) is 4.57. The fourth-order valence-corrected chi connectivity index (χ4v) is 1.98. The number of halogens is 1. The number of anilines is 1. The van der Waals surface area contributed by atoms with Gasteiger partial charge in [-0.1, -0.05) is 29.8 Å². The van der Waals surface area contributed by atoms with Gasteiger partial charge in [-0.25, -0.2) is 4.39 Å². The maximum Gasteiger partial charge on any atom is 0.253 e. The largest absolute Gasteiger partial charge is 0.387 e. The lowest BCUT2D eigenvalue weighted by Gasteiger charge is -2.11. The smallest absolute Gasteiger partial charge is 0.253 e. The standard InChI is InChI=1S/C16H17FN2O/c1-11-7-8-15(18-2)13(9-11)16(20)19-10-12-5-3-4-6-14(12)17/h3-9,18H,10H2,1-2H3,(H,19,20). The Morgan fingerprint density at radius 3 is 2.65 bits per heavy atom. The zero-order valence-corrected chi connectivity index (χ0v) is 11.5. The Balaban J connectivity index is 2.13. The first-order valence-corrected chi connectivity index (χ1v) is 6.42. The highest BCUT2D eigenvalue weighted by atomic mass is 19.1. The van der Waals surface area contributed by atoms with Gasteiger partial charge in [-0.05, 0) is 25.1 Å². The summed E-state index contributed by atoms with van der Waals surface area (Å²) in [5, 5.41) is 5.72. The predicted octanol–water partition coefficient (Wildman–Crippen LogP) is 3.11. The molecule has 0 atom stereocenters. The lowest BCUT2D eigenvalue weighted by Crippen LogP contribution is -2.24. The molecule has 2 aromatic rings. The van der Waals surface area contributed by atoms with Crippen LogP contribution in [0.4, 0.5) is 10.1 Å². The monoisotopic (exact) mass is 272 g/mol. The number of hydrogen-bond acceptors (Lipinski definition) is 2. The van der Waals surface area contributed by atoms with Gasteiger partial charge in [0.2, 0.25) is 0 Å². The van der Waals surface area contributed by atoms with Crippen LogP contribution >= 0.6 is 0 Å². The van der Waals surface area contributed by atoms with Crippen LogP contribution in [0.1, 0.15) is 21.5 Å². The summed E-state index contributed by atoms with van der Waals surface area (Å²) in [6.45, 7) is 2.09. The van der Waals surface area contributed by atoms with Crippen molar-refractivity contribution in [1.29, 1.82) is 0 Å². The van der Waals surface area contributed by atoms with E-state index >= 15 is 0 Å². The number of carbonyl (C=O) groups excluding carboxylic acids is 1. The summed E-state index contributed by atoms with van der Waals surface area (Å²) < 4.78 is 13.5. The molecule has 0 saturated heterocycles. The van der Waals surface area contributed by atoms with Crippen molar-refractivity contribution in [3.05, 3.63) is 65.0 Å². The average molecular weight is 272 g/mol. The van der Waals surface area contributed by atoms with Crippen LogP contribution in [0.25, 0.3) is 0 Å². The van der Waals surface area contributed by atoms with Crippen molar-refractivity contribution in [1.82, 2.24) is 5.32 Å². The Morgan fingerprint density at radius 1 is 1.20 bits per heavy atom. The quantitative estimate of drug-likeness (QED) is 0.898. The Kier molecular flexibility index (Phi) is 4.35. The Hall–Kier alpha value is -2.36. The second kappa shape index (κ2) is 6.19. The van der Waals surface area contributed by atoms with Gasteiger partial charge in [0, 0.05) is 24.8 Å². The van der Waals surface area contributed by atoms with Crippen LogP contribution in [0.3, 0.4) is 0 Å². The lowest BCUT2D eigenvalue weighted by atomic mass is 10.1. The Morgan fingerprint density at radius 2 is 1.95 bits per heavy atom. The summed E-state index contributed by atoms with van der Waals surface area (Å²) in [4.78, 5) is 12.2. The third-order valence-corrected chi connectivity index (χ3v) is 3.09. The van der Waals surface area contributed by atoms with Crippen LogP contribution in [0, 0.1) is 12.7 Å². The van der Waals surface area contributed by atoms with Crippen molar-refractivity contribution >= 4 is 11.6 Å². The molecule has 0 radical (unpaired) electrons. The third kappa shape index (κ3) is 3.15. The van der Waals surface area contributed by atoms with Crippen molar-refractivity contribution in [3.63, 3.8) is 0 Å². The first-order valence-electron chi connectivity index (χ1n) is 6.42. The molecule has 2 rings (SSSR count). The third-order valence-electron chi connectivity index (χ3n) is 3.09. The maximum atomic E-state index is 13.5. The van der Waals surface area contributed by atoms with Crippen LogP contribution in [0.5, 0.6) is 0 Å². The SMILES string of the molecule is CNc1ccc(C)cc1C(=O)NCc1ccccc1F. The molecule has 0 aliphatic heterocycles. The van der Waals surface area contributed by atoms with Crippen molar-refractivity contribution in [2.45, 2.75) is 13.5 Å². The van der Waals surface area contributed by atoms with Crippen LogP contribution in [-0.2, 0) is 6.54 Å². The molecule has 0 aromatic heterocycles. The number of nitrogens with one attached hydrogen (secondary N) is 2. The van der Waals surface area contributed by atoms with E-state index in [9.17, 15) is 9.18 Å². The van der Waals surface area contributed by atoms with Crippen molar-refractivity contribution in [2.75, 3.05) is 12.4 Å². The Labute approximate surface area is 117 Å². The molecule has 0 bridgehead atoms. The molecule has 104 valence electrons. The molecule has 0 aliphatic carbocycles. The zero-order valence-electron chi connectivity index (χ0n) is 11.5. The molecule has 2 aromatic carbocycles. The van der Waals surface area contributed by atoms with E-state index in [2.05, 4.69) is 10.6 Å². The van der Waals surface area contributed by atoms with E-state index in [4.69, 9.17) is 0 Å². The molecule has 2 N–H and O–H groups in total. The normalized spacial score (nSPS) is 10.2. The van der Waals surface area contributed by atoms with Gasteiger partial charge in [0.15, 0.2) is 0 Å². The molecular weight excluding hydrogens is 255 g/mol.